The number of hydrogen-bond acceptors (Lipinski definition) is 5. The van der Waals surface area contributed by atoms with Gasteiger partial charge in [-0.1, -0.05) is 222 Å². The number of allylic oxidation sites excluding steroid dienone is 12. The summed E-state index contributed by atoms with van der Waals surface area (Å²) in [6, 6.07) is -0.714. The predicted octanol–water partition coefficient (Wildman–Crippen LogP) is 15.8. The Balaban J connectivity index is 4.67. The van der Waals surface area contributed by atoms with Crippen molar-refractivity contribution < 1.29 is 24.5 Å². The predicted molar refractivity (Wildman–Crippen MR) is 268 cm³/mol. The van der Waals surface area contributed by atoms with Crippen LogP contribution in [0.1, 0.15) is 245 Å². The zero-order valence-electron chi connectivity index (χ0n) is 40.7. The molecule has 0 aromatic rings. The maximum absolute atomic E-state index is 13.2. The second-order valence-electron chi connectivity index (χ2n) is 17.6. The smallest absolute Gasteiger partial charge is 0.306 e. The molecule has 0 saturated heterocycles. The number of amides is 1. The summed E-state index contributed by atoms with van der Waals surface area (Å²) < 4.78 is 5.93. The Hall–Kier alpha value is -2.70. The third kappa shape index (κ3) is 43.9. The van der Waals surface area contributed by atoms with Crippen LogP contribution in [0.2, 0.25) is 0 Å². The first-order valence-corrected chi connectivity index (χ1v) is 26.2. The standard InChI is InChI=1S/C56H99NO5/c1-4-7-10-13-16-19-22-24-26-27-29-30-33-35-38-41-44-47-52(62-56(61)49-46-43-40-37-34-31-28-25-23-20-17-14-11-8-5-2)50-55(60)57-53(51-58)54(59)48-45-42-39-36-32-21-18-15-12-9-6-3/h8,11,14,16-17,19-20,23-24,26,29-30,52-54,58-59H,4-7,9-10,12-13,15,18,21-22,25,27-28,31-51H2,1-3H3,(H,57,60)/b11-8+,17-14+,19-16-,23-20+,26-24-,30-29-. The van der Waals surface area contributed by atoms with Gasteiger partial charge in [0.05, 0.1) is 25.2 Å². The van der Waals surface area contributed by atoms with Gasteiger partial charge >= 0.3 is 5.97 Å². The number of rotatable bonds is 46. The van der Waals surface area contributed by atoms with Crippen LogP contribution < -0.4 is 5.32 Å². The van der Waals surface area contributed by atoms with E-state index in [-0.39, 0.29) is 24.9 Å². The Bertz CT molecular complexity index is 1150. The molecule has 3 atom stereocenters. The van der Waals surface area contributed by atoms with E-state index in [2.05, 4.69) is 99.0 Å². The average Bonchev–Trinajstić information content (AvgIpc) is 3.26. The molecule has 0 aliphatic carbocycles. The first-order chi connectivity index (χ1) is 30.5. The summed E-state index contributed by atoms with van der Waals surface area (Å²) in [4.78, 5) is 26.2. The maximum Gasteiger partial charge on any atom is 0.306 e. The normalized spacial score (nSPS) is 13.8. The third-order valence-corrected chi connectivity index (χ3v) is 11.6. The number of ether oxygens (including phenoxy) is 1. The van der Waals surface area contributed by atoms with E-state index in [1.165, 1.54) is 103 Å². The molecular formula is C56H99NO5. The number of hydrogen-bond donors (Lipinski definition) is 3. The Morgan fingerprint density at radius 3 is 1.48 bits per heavy atom. The Labute approximate surface area is 383 Å². The van der Waals surface area contributed by atoms with E-state index in [4.69, 9.17) is 4.74 Å². The average molecular weight is 866 g/mol. The summed E-state index contributed by atoms with van der Waals surface area (Å²) in [5.74, 6) is -0.510. The van der Waals surface area contributed by atoms with Crippen molar-refractivity contribution in [2.75, 3.05) is 6.61 Å². The zero-order valence-corrected chi connectivity index (χ0v) is 40.7. The number of carbonyl (C=O) groups is 2. The molecule has 0 radical (unpaired) electrons. The Morgan fingerprint density at radius 2 is 0.935 bits per heavy atom. The minimum absolute atomic E-state index is 0.0552. The van der Waals surface area contributed by atoms with Crippen LogP contribution in [0.15, 0.2) is 72.9 Å². The summed E-state index contributed by atoms with van der Waals surface area (Å²) in [5, 5.41) is 23.7. The highest BCUT2D eigenvalue weighted by Crippen LogP contribution is 2.17. The molecule has 0 bridgehead atoms. The van der Waals surface area contributed by atoms with Gasteiger partial charge < -0.3 is 20.3 Å². The number of unbranched alkanes of at least 4 members (excludes halogenated alkanes) is 24. The third-order valence-electron chi connectivity index (χ3n) is 11.6. The van der Waals surface area contributed by atoms with Gasteiger partial charge in [0.2, 0.25) is 5.91 Å². The summed E-state index contributed by atoms with van der Waals surface area (Å²) >= 11 is 0. The molecule has 1 amide bonds. The van der Waals surface area contributed by atoms with Crippen molar-refractivity contribution in [1.29, 1.82) is 0 Å². The van der Waals surface area contributed by atoms with Crippen LogP contribution >= 0.6 is 0 Å². The maximum atomic E-state index is 13.2. The highest BCUT2D eigenvalue weighted by molar-refractivity contribution is 5.77. The lowest BCUT2D eigenvalue weighted by Crippen LogP contribution is -2.46. The lowest BCUT2D eigenvalue weighted by Gasteiger charge is -2.24. The van der Waals surface area contributed by atoms with Gasteiger partial charge in [-0.2, -0.15) is 0 Å². The monoisotopic (exact) mass is 866 g/mol. The van der Waals surface area contributed by atoms with Crippen LogP contribution in [0, 0.1) is 0 Å². The molecule has 0 aliphatic rings. The van der Waals surface area contributed by atoms with Gasteiger partial charge in [0.1, 0.15) is 6.10 Å². The second-order valence-corrected chi connectivity index (χ2v) is 17.6. The Kier molecular flexibility index (Phi) is 47.2. The number of carbonyl (C=O) groups excluding carboxylic acids is 2. The molecule has 0 aliphatic heterocycles. The minimum atomic E-state index is -0.798. The number of aliphatic hydroxyl groups excluding tert-OH is 2. The van der Waals surface area contributed by atoms with Gasteiger partial charge in [-0.05, 0) is 83.5 Å². The van der Waals surface area contributed by atoms with E-state index in [0.29, 0.717) is 19.3 Å². The van der Waals surface area contributed by atoms with Crippen LogP contribution in [0.4, 0.5) is 0 Å². The van der Waals surface area contributed by atoms with E-state index in [1.807, 2.05) is 0 Å². The fourth-order valence-corrected chi connectivity index (χ4v) is 7.61. The van der Waals surface area contributed by atoms with Gasteiger partial charge in [-0.15, -0.1) is 0 Å². The van der Waals surface area contributed by atoms with Crippen molar-refractivity contribution in [1.82, 2.24) is 5.32 Å². The topological polar surface area (TPSA) is 95.9 Å². The Morgan fingerprint density at radius 1 is 0.500 bits per heavy atom. The van der Waals surface area contributed by atoms with E-state index in [0.717, 1.165) is 96.3 Å². The summed E-state index contributed by atoms with van der Waals surface area (Å²) in [5.41, 5.74) is 0. The van der Waals surface area contributed by atoms with Crippen LogP contribution in [0.25, 0.3) is 0 Å². The van der Waals surface area contributed by atoms with E-state index in [9.17, 15) is 19.8 Å². The highest BCUT2D eigenvalue weighted by Gasteiger charge is 2.24. The lowest BCUT2D eigenvalue weighted by atomic mass is 10.0. The molecule has 0 saturated carbocycles. The zero-order chi connectivity index (χ0) is 45.2. The number of nitrogens with one attached hydrogen (secondary N) is 1. The summed E-state index contributed by atoms with van der Waals surface area (Å²) in [7, 11) is 0. The first kappa shape index (κ1) is 59.3. The van der Waals surface area contributed by atoms with Gasteiger partial charge in [-0.3, -0.25) is 9.59 Å². The van der Waals surface area contributed by atoms with E-state index >= 15 is 0 Å². The second kappa shape index (κ2) is 49.3. The van der Waals surface area contributed by atoms with Gasteiger partial charge in [0, 0.05) is 6.42 Å². The van der Waals surface area contributed by atoms with Crippen LogP contribution in [0.5, 0.6) is 0 Å². The molecule has 0 rings (SSSR count). The van der Waals surface area contributed by atoms with Crippen molar-refractivity contribution in [2.24, 2.45) is 0 Å². The molecule has 0 fully saturated rings. The molecule has 6 nitrogen and oxygen atoms in total. The van der Waals surface area contributed by atoms with Crippen molar-refractivity contribution in [3.8, 4) is 0 Å². The molecular weight excluding hydrogens is 767 g/mol. The molecule has 358 valence electrons. The molecule has 6 heteroatoms. The molecule has 3 N–H and O–H groups in total. The first-order valence-electron chi connectivity index (χ1n) is 26.2. The molecule has 3 unspecified atom stereocenters. The van der Waals surface area contributed by atoms with Gasteiger partial charge in [0.15, 0.2) is 0 Å². The summed E-state index contributed by atoms with van der Waals surface area (Å²) in [6.45, 7) is 6.31. The fourth-order valence-electron chi connectivity index (χ4n) is 7.61. The molecule has 62 heavy (non-hydrogen) atoms. The lowest BCUT2D eigenvalue weighted by molar-refractivity contribution is -0.151. The molecule has 0 aromatic carbocycles. The van der Waals surface area contributed by atoms with Crippen molar-refractivity contribution in [3.63, 3.8) is 0 Å². The molecule has 0 heterocycles. The van der Waals surface area contributed by atoms with Gasteiger partial charge in [-0.25, -0.2) is 0 Å². The van der Waals surface area contributed by atoms with Crippen LogP contribution in [0.3, 0.4) is 0 Å². The van der Waals surface area contributed by atoms with Crippen molar-refractivity contribution in [3.05, 3.63) is 72.9 Å². The van der Waals surface area contributed by atoms with Crippen molar-refractivity contribution >= 4 is 11.9 Å². The SMILES string of the molecule is CC/C=C/C=C/C=C/CCCCCCCCCC(=O)OC(CCCCCC/C=C\C/C=C\C/C=C\CCCCC)CC(=O)NC(CO)C(O)CCCCCCCCCCCCC. The number of esters is 1. The fraction of sp³-hybridized carbons (Fsp3) is 0.750. The quantitative estimate of drug-likeness (QED) is 0.0245. The molecule has 0 spiro atoms. The van der Waals surface area contributed by atoms with E-state index in [1.54, 1.807) is 0 Å². The van der Waals surface area contributed by atoms with Crippen LogP contribution in [-0.2, 0) is 14.3 Å². The molecule has 0 aromatic heterocycles. The number of aliphatic hydroxyl groups is 2. The van der Waals surface area contributed by atoms with Crippen LogP contribution in [-0.4, -0.2) is 46.9 Å². The minimum Gasteiger partial charge on any atom is -0.462 e. The van der Waals surface area contributed by atoms with E-state index < -0.39 is 18.2 Å². The van der Waals surface area contributed by atoms with Gasteiger partial charge in [0.25, 0.3) is 0 Å². The van der Waals surface area contributed by atoms with Crippen molar-refractivity contribution in [2.45, 2.75) is 264 Å². The largest absolute Gasteiger partial charge is 0.462 e. The highest BCUT2D eigenvalue weighted by atomic mass is 16.5. The summed E-state index contributed by atoms with van der Waals surface area (Å²) in [6.07, 6.45) is 62.4.